The summed E-state index contributed by atoms with van der Waals surface area (Å²) in [4.78, 5) is 21.9. The first-order valence-electron chi connectivity index (χ1n) is 9.80. The molecule has 1 aliphatic rings. The van der Waals surface area contributed by atoms with Crippen LogP contribution in [0.4, 0.5) is 5.69 Å². The quantitative estimate of drug-likeness (QED) is 0.637. The molecule has 1 aliphatic heterocycles. The molecule has 1 saturated heterocycles. The summed E-state index contributed by atoms with van der Waals surface area (Å²) >= 11 is 1.27. The molecule has 0 radical (unpaired) electrons. The summed E-state index contributed by atoms with van der Waals surface area (Å²) < 4.78 is 5.57. The van der Waals surface area contributed by atoms with Crippen LogP contribution in [-0.4, -0.2) is 71.9 Å². The molecular formula is C20H25N5O3S. The van der Waals surface area contributed by atoms with Crippen molar-refractivity contribution < 1.29 is 14.4 Å². The minimum absolute atomic E-state index is 0.0859. The maximum atomic E-state index is 12.4. The Morgan fingerprint density at radius 1 is 1.34 bits per heavy atom. The molecule has 0 unspecified atom stereocenters. The Labute approximate surface area is 173 Å². The van der Waals surface area contributed by atoms with Crippen molar-refractivity contribution in [1.29, 1.82) is 0 Å². The summed E-state index contributed by atoms with van der Waals surface area (Å²) in [6.45, 7) is 5.88. The largest absolute Gasteiger partial charge is 0.394 e. The molecule has 1 atom stereocenters. The third-order valence-electron chi connectivity index (χ3n) is 5.30. The number of anilines is 1. The summed E-state index contributed by atoms with van der Waals surface area (Å²) in [6.07, 6.45) is 2.20. The average Bonchev–Trinajstić information content (AvgIpc) is 3.39. The topological polar surface area (TPSA) is 94.7 Å². The molecule has 4 rings (SSSR count). The van der Waals surface area contributed by atoms with E-state index < -0.39 is 0 Å². The van der Waals surface area contributed by atoms with E-state index in [1.165, 1.54) is 11.3 Å². The fourth-order valence-corrected chi connectivity index (χ4v) is 4.18. The number of nitrogens with zero attached hydrogens (tertiary/aromatic N) is 4. The van der Waals surface area contributed by atoms with Crippen LogP contribution < -0.4 is 10.2 Å². The number of thiazole rings is 1. The Hall–Kier alpha value is -2.49. The number of piperazine rings is 1. The minimum Gasteiger partial charge on any atom is -0.394 e. The van der Waals surface area contributed by atoms with Gasteiger partial charge >= 0.3 is 0 Å². The molecular weight excluding hydrogens is 390 g/mol. The Kier molecular flexibility index (Phi) is 5.79. The van der Waals surface area contributed by atoms with E-state index in [0.717, 1.165) is 37.3 Å². The van der Waals surface area contributed by atoms with Crippen LogP contribution in [0.1, 0.15) is 23.0 Å². The van der Waals surface area contributed by atoms with Gasteiger partial charge in [-0.1, -0.05) is 12.1 Å². The molecule has 9 heteroatoms. The Morgan fingerprint density at radius 2 is 2.14 bits per heavy atom. The van der Waals surface area contributed by atoms with E-state index in [1.54, 1.807) is 6.20 Å². The van der Waals surface area contributed by atoms with Gasteiger partial charge in [0, 0.05) is 37.9 Å². The maximum absolute atomic E-state index is 12.4. The summed E-state index contributed by atoms with van der Waals surface area (Å²) in [6, 6.07) is 5.86. The van der Waals surface area contributed by atoms with E-state index in [1.807, 2.05) is 19.1 Å². The van der Waals surface area contributed by atoms with Crippen molar-refractivity contribution in [2.24, 2.45) is 0 Å². The van der Waals surface area contributed by atoms with E-state index >= 15 is 0 Å². The Bertz CT molecular complexity index is 989. The second-order valence-electron chi connectivity index (χ2n) is 7.29. The highest BCUT2D eigenvalue weighted by Gasteiger charge is 2.20. The van der Waals surface area contributed by atoms with Gasteiger partial charge in [0.1, 0.15) is 15.6 Å². The number of hydrogen-bond donors (Lipinski definition) is 2. The lowest BCUT2D eigenvalue weighted by atomic mass is 10.1. The van der Waals surface area contributed by atoms with Crippen LogP contribution in [0.5, 0.6) is 0 Å². The first-order chi connectivity index (χ1) is 14.1. The first kappa shape index (κ1) is 19.8. The van der Waals surface area contributed by atoms with Gasteiger partial charge in [-0.05, 0) is 25.6 Å². The summed E-state index contributed by atoms with van der Waals surface area (Å²) in [5.74, 6) is -0.236. The van der Waals surface area contributed by atoms with Crippen LogP contribution >= 0.6 is 11.3 Å². The second kappa shape index (κ2) is 8.48. The molecule has 29 heavy (non-hydrogen) atoms. The van der Waals surface area contributed by atoms with Gasteiger partial charge in [-0.2, -0.15) is 0 Å². The van der Waals surface area contributed by atoms with Crippen molar-refractivity contribution in [3.8, 4) is 10.7 Å². The molecule has 1 aromatic carbocycles. The summed E-state index contributed by atoms with van der Waals surface area (Å²) in [5.41, 5.74) is 2.48. The highest BCUT2D eigenvalue weighted by Crippen LogP contribution is 2.33. The molecule has 154 valence electrons. The number of aliphatic hydroxyl groups excluding tert-OH is 1. The number of likely N-dealkylation sites (N-methyl/N-ethyl adjacent to an activating group) is 1. The SMILES string of the molecule is CC[C@@H](CO)NC(=O)c1cnc(-c2noc3cc(N4CCN(C)CC4)ccc23)s1. The van der Waals surface area contributed by atoms with Crippen molar-refractivity contribution in [2.45, 2.75) is 19.4 Å². The molecule has 0 spiro atoms. The number of amides is 1. The number of aliphatic hydroxyl groups is 1. The van der Waals surface area contributed by atoms with Crippen molar-refractivity contribution in [2.75, 3.05) is 44.7 Å². The zero-order valence-corrected chi connectivity index (χ0v) is 17.4. The third kappa shape index (κ3) is 4.12. The van der Waals surface area contributed by atoms with E-state index in [2.05, 4.69) is 38.4 Å². The fraction of sp³-hybridized carbons (Fsp3) is 0.450. The van der Waals surface area contributed by atoms with E-state index in [0.29, 0.717) is 27.6 Å². The summed E-state index contributed by atoms with van der Waals surface area (Å²) in [5, 5.41) is 17.8. The number of rotatable bonds is 6. The van der Waals surface area contributed by atoms with Gasteiger partial charge in [0.05, 0.1) is 24.2 Å². The molecule has 3 heterocycles. The molecule has 3 aromatic rings. The maximum Gasteiger partial charge on any atom is 0.263 e. The molecule has 2 N–H and O–H groups in total. The number of carbonyl (C=O) groups is 1. The average molecular weight is 416 g/mol. The Morgan fingerprint density at radius 3 is 2.86 bits per heavy atom. The van der Waals surface area contributed by atoms with Crippen molar-refractivity contribution >= 4 is 33.9 Å². The monoisotopic (exact) mass is 415 g/mol. The van der Waals surface area contributed by atoms with E-state index in [9.17, 15) is 9.90 Å². The van der Waals surface area contributed by atoms with E-state index in [-0.39, 0.29) is 18.6 Å². The van der Waals surface area contributed by atoms with Crippen molar-refractivity contribution in [3.63, 3.8) is 0 Å². The van der Waals surface area contributed by atoms with Gasteiger partial charge in [-0.3, -0.25) is 4.79 Å². The zero-order valence-electron chi connectivity index (χ0n) is 16.6. The van der Waals surface area contributed by atoms with Gasteiger partial charge in [0.2, 0.25) is 0 Å². The molecule has 1 amide bonds. The van der Waals surface area contributed by atoms with Crippen LogP contribution in [0, 0.1) is 0 Å². The summed E-state index contributed by atoms with van der Waals surface area (Å²) in [7, 11) is 2.14. The predicted molar refractivity (Wildman–Crippen MR) is 113 cm³/mol. The molecule has 8 nitrogen and oxygen atoms in total. The minimum atomic E-state index is -0.256. The van der Waals surface area contributed by atoms with Crippen molar-refractivity contribution in [3.05, 3.63) is 29.3 Å². The number of aromatic nitrogens is 2. The zero-order chi connectivity index (χ0) is 20.4. The number of nitrogens with one attached hydrogen (secondary N) is 1. The van der Waals surface area contributed by atoms with E-state index in [4.69, 9.17) is 4.52 Å². The molecule has 0 saturated carbocycles. The van der Waals surface area contributed by atoms with Crippen LogP contribution in [0.25, 0.3) is 21.7 Å². The van der Waals surface area contributed by atoms with Gasteiger partial charge in [-0.15, -0.1) is 11.3 Å². The lowest BCUT2D eigenvalue weighted by Crippen LogP contribution is -2.44. The third-order valence-corrected chi connectivity index (χ3v) is 6.31. The van der Waals surface area contributed by atoms with Crippen LogP contribution in [0.3, 0.4) is 0 Å². The van der Waals surface area contributed by atoms with Gasteiger partial charge in [-0.25, -0.2) is 4.98 Å². The predicted octanol–water partition coefficient (Wildman–Crippen LogP) is 2.20. The normalized spacial score (nSPS) is 16.3. The molecule has 0 bridgehead atoms. The lowest BCUT2D eigenvalue weighted by Gasteiger charge is -2.33. The van der Waals surface area contributed by atoms with Crippen LogP contribution in [-0.2, 0) is 0 Å². The highest BCUT2D eigenvalue weighted by atomic mass is 32.1. The number of benzene rings is 1. The van der Waals surface area contributed by atoms with Crippen molar-refractivity contribution in [1.82, 2.24) is 20.4 Å². The standard InChI is InChI=1S/C20H25N5O3S/c1-3-13(12-26)22-19(27)17-11-21-20(29-17)18-15-5-4-14(10-16(15)28-23-18)25-8-6-24(2)7-9-25/h4-5,10-11,13,26H,3,6-9,12H2,1-2H3,(H,22,27)/t13-/m0/s1. The van der Waals surface area contributed by atoms with Gasteiger partial charge in [0.15, 0.2) is 5.58 Å². The number of carbonyl (C=O) groups excluding carboxylic acids is 1. The number of fused-ring (bicyclic) bond motifs is 1. The Balaban J connectivity index is 1.54. The number of hydrogen-bond acceptors (Lipinski definition) is 8. The molecule has 0 aliphatic carbocycles. The molecule has 2 aromatic heterocycles. The van der Waals surface area contributed by atoms with Crippen LogP contribution in [0.15, 0.2) is 28.9 Å². The highest BCUT2D eigenvalue weighted by molar-refractivity contribution is 7.17. The van der Waals surface area contributed by atoms with Gasteiger partial charge in [0.25, 0.3) is 5.91 Å². The van der Waals surface area contributed by atoms with Gasteiger partial charge < -0.3 is 24.7 Å². The fourth-order valence-electron chi connectivity index (χ4n) is 3.36. The first-order valence-corrected chi connectivity index (χ1v) is 10.6. The smallest absolute Gasteiger partial charge is 0.263 e. The molecule has 1 fully saturated rings. The van der Waals surface area contributed by atoms with Crippen LogP contribution in [0.2, 0.25) is 0 Å². The second-order valence-corrected chi connectivity index (χ2v) is 8.32. The lowest BCUT2D eigenvalue weighted by molar-refractivity contribution is 0.0919.